The second-order valence-corrected chi connectivity index (χ2v) is 6.53. The van der Waals surface area contributed by atoms with Crippen LogP contribution in [-0.4, -0.2) is 79.1 Å². The van der Waals surface area contributed by atoms with Crippen LogP contribution in [0.3, 0.4) is 0 Å². The standard InChI is InChI=1S/C16H28N4O3/c1-21-8-5-15-17-16(23-18-15)12-20-11-14(22-2)9-13(20)10-19-6-3-4-7-19/h13-14H,3-12H2,1-2H3/t13-,14-/m0/s1. The summed E-state index contributed by atoms with van der Waals surface area (Å²) in [7, 11) is 3.48. The quantitative estimate of drug-likeness (QED) is 0.705. The van der Waals surface area contributed by atoms with E-state index in [0.29, 0.717) is 37.6 Å². The molecule has 0 radical (unpaired) electrons. The van der Waals surface area contributed by atoms with Gasteiger partial charge in [-0.1, -0.05) is 5.16 Å². The van der Waals surface area contributed by atoms with Gasteiger partial charge in [-0.15, -0.1) is 0 Å². The SMILES string of the molecule is COCCc1noc(CN2C[C@@H](OC)C[C@H]2CN2CCCC2)n1. The zero-order valence-corrected chi connectivity index (χ0v) is 14.2. The first kappa shape index (κ1) is 16.8. The van der Waals surface area contributed by atoms with Crippen LogP contribution in [-0.2, 0) is 22.4 Å². The van der Waals surface area contributed by atoms with E-state index in [9.17, 15) is 0 Å². The largest absolute Gasteiger partial charge is 0.384 e. The van der Waals surface area contributed by atoms with Crippen molar-refractivity contribution < 1.29 is 14.0 Å². The number of hydrogen-bond acceptors (Lipinski definition) is 7. The van der Waals surface area contributed by atoms with Crippen LogP contribution in [0.2, 0.25) is 0 Å². The molecule has 7 nitrogen and oxygen atoms in total. The summed E-state index contributed by atoms with van der Waals surface area (Å²) in [6.45, 7) is 5.83. The molecule has 0 aliphatic carbocycles. The van der Waals surface area contributed by atoms with Gasteiger partial charge in [-0.3, -0.25) is 4.90 Å². The number of aromatic nitrogens is 2. The van der Waals surface area contributed by atoms with Gasteiger partial charge < -0.3 is 18.9 Å². The summed E-state index contributed by atoms with van der Waals surface area (Å²) in [5.41, 5.74) is 0. The van der Waals surface area contributed by atoms with Gasteiger partial charge >= 0.3 is 0 Å². The van der Waals surface area contributed by atoms with Crippen LogP contribution < -0.4 is 0 Å². The lowest BCUT2D eigenvalue weighted by Crippen LogP contribution is -2.39. The van der Waals surface area contributed by atoms with E-state index >= 15 is 0 Å². The molecule has 0 aromatic carbocycles. The topological polar surface area (TPSA) is 63.9 Å². The molecule has 3 heterocycles. The zero-order valence-electron chi connectivity index (χ0n) is 14.2. The Balaban J connectivity index is 1.57. The fourth-order valence-electron chi connectivity index (χ4n) is 3.58. The normalized spacial score (nSPS) is 26.3. The number of likely N-dealkylation sites (tertiary alicyclic amines) is 2. The lowest BCUT2D eigenvalue weighted by molar-refractivity contribution is 0.105. The molecular weight excluding hydrogens is 296 g/mol. The van der Waals surface area contributed by atoms with Gasteiger partial charge in [-0.25, -0.2) is 0 Å². The number of ether oxygens (including phenoxy) is 2. The molecule has 2 aliphatic heterocycles. The molecule has 0 amide bonds. The minimum atomic E-state index is 0.304. The molecule has 1 aromatic heterocycles. The maximum absolute atomic E-state index is 5.59. The highest BCUT2D eigenvalue weighted by Gasteiger charge is 2.34. The Morgan fingerprint density at radius 2 is 2.09 bits per heavy atom. The van der Waals surface area contributed by atoms with E-state index in [4.69, 9.17) is 14.0 Å². The molecule has 2 saturated heterocycles. The lowest BCUT2D eigenvalue weighted by Gasteiger charge is -2.26. The van der Waals surface area contributed by atoms with Crippen molar-refractivity contribution in [2.24, 2.45) is 0 Å². The summed E-state index contributed by atoms with van der Waals surface area (Å²) in [6, 6.07) is 0.507. The van der Waals surface area contributed by atoms with Crippen molar-refractivity contribution in [1.29, 1.82) is 0 Å². The molecular formula is C16H28N4O3. The Hall–Kier alpha value is -1.02. The molecule has 2 aliphatic rings. The molecule has 0 saturated carbocycles. The monoisotopic (exact) mass is 324 g/mol. The van der Waals surface area contributed by atoms with Crippen LogP contribution in [0.1, 0.15) is 31.0 Å². The molecule has 3 rings (SSSR count). The predicted octanol–water partition coefficient (Wildman–Crippen LogP) is 0.944. The number of rotatable bonds is 8. The Bertz CT molecular complexity index is 476. The summed E-state index contributed by atoms with van der Waals surface area (Å²) >= 11 is 0. The maximum atomic E-state index is 5.59. The van der Waals surface area contributed by atoms with Crippen molar-refractivity contribution >= 4 is 0 Å². The second-order valence-electron chi connectivity index (χ2n) is 6.53. The number of methoxy groups -OCH3 is 2. The van der Waals surface area contributed by atoms with Gasteiger partial charge in [0.25, 0.3) is 0 Å². The first-order valence-corrected chi connectivity index (χ1v) is 8.58. The van der Waals surface area contributed by atoms with Gasteiger partial charge in [0.1, 0.15) is 0 Å². The van der Waals surface area contributed by atoms with Crippen LogP contribution in [0.4, 0.5) is 0 Å². The van der Waals surface area contributed by atoms with Crippen molar-refractivity contribution in [3.05, 3.63) is 11.7 Å². The third kappa shape index (κ3) is 4.50. The molecule has 0 N–H and O–H groups in total. The van der Waals surface area contributed by atoms with Crippen molar-refractivity contribution in [1.82, 2.24) is 19.9 Å². The maximum Gasteiger partial charge on any atom is 0.240 e. The van der Waals surface area contributed by atoms with E-state index in [1.165, 1.54) is 25.9 Å². The predicted molar refractivity (Wildman–Crippen MR) is 85.2 cm³/mol. The van der Waals surface area contributed by atoms with Gasteiger partial charge in [-0.2, -0.15) is 4.98 Å². The third-order valence-electron chi connectivity index (χ3n) is 4.87. The minimum absolute atomic E-state index is 0.304. The van der Waals surface area contributed by atoms with Crippen LogP contribution in [0.25, 0.3) is 0 Å². The Morgan fingerprint density at radius 1 is 1.26 bits per heavy atom. The fraction of sp³-hybridized carbons (Fsp3) is 0.875. The highest BCUT2D eigenvalue weighted by molar-refractivity contribution is 4.93. The first-order valence-electron chi connectivity index (χ1n) is 8.58. The minimum Gasteiger partial charge on any atom is -0.384 e. The van der Waals surface area contributed by atoms with E-state index in [0.717, 1.165) is 25.3 Å². The summed E-state index contributed by atoms with van der Waals surface area (Å²) < 4.78 is 16.0. The van der Waals surface area contributed by atoms with Gasteiger partial charge in [0, 0.05) is 39.8 Å². The fourth-order valence-corrected chi connectivity index (χ4v) is 3.58. The Labute approximate surface area is 137 Å². The van der Waals surface area contributed by atoms with Crippen molar-refractivity contribution in [3.63, 3.8) is 0 Å². The molecule has 0 unspecified atom stereocenters. The molecule has 2 atom stereocenters. The van der Waals surface area contributed by atoms with Crippen LogP contribution in [0, 0.1) is 0 Å². The molecule has 130 valence electrons. The molecule has 0 bridgehead atoms. The zero-order chi connectivity index (χ0) is 16.1. The smallest absolute Gasteiger partial charge is 0.240 e. The van der Waals surface area contributed by atoms with E-state index < -0.39 is 0 Å². The summed E-state index contributed by atoms with van der Waals surface area (Å²) in [6.07, 6.45) is 4.73. The molecule has 23 heavy (non-hydrogen) atoms. The number of hydrogen-bond donors (Lipinski definition) is 0. The van der Waals surface area contributed by atoms with Crippen molar-refractivity contribution in [3.8, 4) is 0 Å². The van der Waals surface area contributed by atoms with E-state index in [2.05, 4.69) is 19.9 Å². The van der Waals surface area contributed by atoms with Crippen LogP contribution >= 0.6 is 0 Å². The van der Waals surface area contributed by atoms with Crippen LogP contribution in [0.5, 0.6) is 0 Å². The third-order valence-corrected chi connectivity index (χ3v) is 4.87. The summed E-state index contributed by atoms with van der Waals surface area (Å²) in [4.78, 5) is 9.47. The molecule has 2 fully saturated rings. The van der Waals surface area contributed by atoms with Gasteiger partial charge in [0.2, 0.25) is 5.89 Å². The van der Waals surface area contributed by atoms with E-state index in [1.807, 2.05) is 0 Å². The van der Waals surface area contributed by atoms with Crippen LogP contribution in [0.15, 0.2) is 4.52 Å². The van der Waals surface area contributed by atoms with Gasteiger partial charge in [0.05, 0.1) is 19.3 Å². The molecule has 0 spiro atoms. The molecule has 7 heteroatoms. The first-order chi connectivity index (χ1) is 11.3. The van der Waals surface area contributed by atoms with Crippen molar-refractivity contribution in [2.45, 2.75) is 44.4 Å². The van der Waals surface area contributed by atoms with Crippen molar-refractivity contribution in [2.75, 3.05) is 47.0 Å². The Morgan fingerprint density at radius 3 is 2.83 bits per heavy atom. The Kier molecular flexibility index (Phi) is 5.99. The van der Waals surface area contributed by atoms with Gasteiger partial charge in [-0.05, 0) is 32.4 Å². The highest BCUT2D eigenvalue weighted by atomic mass is 16.5. The second kappa shape index (κ2) is 8.19. The van der Waals surface area contributed by atoms with E-state index in [1.54, 1.807) is 14.2 Å². The summed E-state index contributed by atoms with van der Waals surface area (Å²) in [5, 5.41) is 4.03. The van der Waals surface area contributed by atoms with Gasteiger partial charge in [0.15, 0.2) is 5.82 Å². The number of nitrogens with zero attached hydrogens (tertiary/aromatic N) is 4. The van der Waals surface area contributed by atoms with E-state index in [-0.39, 0.29) is 0 Å². The molecule has 1 aromatic rings. The lowest BCUT2D eigenvalue weighted by atomic mass is 10.2. The highest BCUT2D eigenvalue weighted by Crippen LogP contribution is 2.24. The average Bonchev–Trinajstić information content (AvgIpc) is 3.28. The average molecular weight is 324 g/mol. The summed E-state index contributed by atoms with van der Waals surface area (Å²) in [5.74, 6) is 1.42.